The van der Waals surface area contributed by atoms with E-state index in [1.807, 2.05) is 13.8 Å². The van der Waals surface area contributed by atoms with Gasteiger partial charge >= 0.3 is 17.9 Å². The van der Waals surface area contributed by atoms with Crippen molar-refractivity contribution in [2.24, 2.45) is 17.3 Å². The SMILES string of the molecule is C=C(C)C(=O)OC(CC(C)C)C1CC(CC(=O)OC2(C(C)(C)C)CCCC2)C(=O)O1. The van der Waals surface area contributed by atoms with Crippen LogP contribution in [0.2, 0.25) is 0 Å². The first-order valence-corrected chi connectivity index (χ1v) is 11.1. The Kier molecular flexibility index (Phi) is 7.75. The lowest BCUT2D eigenvalue weighted by Gasteiger charge is -2.41. The van der Waals surface area contributed by atoms with Crippen LogP contribution >= 0.6 is 0 Å². The van der Waals surface area contributed by atoms with Crippen molar-refractivity contribution in [2.75, 3.05) is 0 Å². The van der Waals surface area contributed by atoms with E-state index in [9.17, 15) is 14.4 Å². The molecule has 0 spiro atoms. The largest absolute Gasteiger partial charge is 0.458 e. The van der Waals surface area contributed by atoms with E-state index in [1.54, 1.807) is 6.92 Å². The molecular formula is C24H38O6. The van der Waals surface area contributed by atoms with Crippen molar-refractivity contribution >= 4 is 17.9 Å². The summed E-state index contributed by atoms with van der Waals surface area (Å²) in [5, 5.41) is 0. The molecule has 170 valence electrons. The first-order chi connectivity index (χ1) is 13.8. The second kappa shape index (κ2) is 9.52. The normalized spacial score (nSPS) is 24.4. The zero-order valence-corrected chi connectivity index (χ0v) is 19.4. The molecule has 6 heteroatoms. The van der Waals surface area contributed by atoms with Crippen LogP contribution < -0.4 is 0 Å². The predicted molar refractivity (Wildman–Crippen MR) is 113 cm³/mol. The van der Waals surface area contributed by atoms with Crippen LogP contribution in [0.1, 0.15) is 86.5 Å². The highest BCUT2D eigenvalue weighted by Gasteiger charge is 2.48. The molecule has 30 heavy (non-hydrogen) atoms. The van der Waals surface area contributed by atoms with Crippen LogP contribution in [-0.4, -0.2) is 35.7 Å². The van der Waals surface area contributed by atoms with E-state index in [0.29, 0.717) is 18.4 Å². The number of esters is 3. The minimum absolute atomic E-state index is 0.00397. The van der Waals surface area contributed by atoms with Gasteiger partial charge in [-0.25, -0.2) is 4.79 Å². The third-order valence-corrected chi connectivity index (χ3v) is 6.34. The molecule has 2 fully saturated rings. The summed E-state index contributed by atoms with van der Waals surface area (Å²) in [6.07, 6.45) is 3.61. The molecule has 0 aromatic rings. The van der Waals surface area contributed by atoms with Gasteiger partial charge in [0.05, 0.1) is 12.3 Å². The van der Waals surface area contributed by atoms with E-state index >= 15 is 0 Å². The summed E-state index contributed by atoms with van der Waals surface area (Å²) in [5.74, 6) is -1.58. The molecule has 0 aromatic carbocycles. The van der Waals surface area contributed by atoms with Gasteiger partial charge in [-0.05, 0) is 44.9 Å². The van der Waals surface area contributed by atoms with Gasteiger partial charge in [0.15, 0.2) is 0 Å². The minimum Gasteiger partial charge on any atom is -0.458 e. The molecule has 1 saturated heterocycles. The molecule has 1 saturated carbocycles. The summed E-state index contributed by atoms with van der Waals surface area (Å²) in [5.41, 5.74) is -0.322. The maximum atomic E-state index is 12.7. The number of hydrogen-bond donors (Lipinski definition) is 0. The Balaban J connectivity index is 2.02. The molecule has 1 aliphatic carbocycles. The Hall–Kier alpha value is -1.85. The smallest absolute Gasteiger partial charge is 0.333 e. The van der Waals surface area contributed by atoms with E-state index < -0.39 is 35.7 Å². The van der Waals surface area contributed by atoms with Crippen molar-refractivity contribution in [3.63, 3.8) is 0 Å². The zero-order valence-electron chi connectivity index (χ0n) is 19.4. The summed E-state index contributed by atoms with van der Waals surface area (Å²) in [6.45, 7) is 15.5. The van der Waals surface area contributed by atoms with Crippen LogP contribution in [-0.2, 0) is 28.6 Å². The molecule has 6 nitrogen and oxygen atoms in total. The third-order valence-electron chi connectivity index (χ3n) is 6.34. The summed E-state index contributed by atoms with van der Waals surface area (Å²) in [6, 6.07) is 0. The van der Waals surface area contributed by atoms with E-state index in [1.165, 1.54) is 0 Å². The fourth-order valence-corrected chi connectivity index (χ4v) is 4.46. The van der Waals surface area contributed by atoms with Gasteiger partial charge in [0.25, 0.3) is 0 Å². The Labute approximate surface area is 180 Å². The van der Waals surface area contributed by atoms with Crippen molar-refractivity contribution in [2.45, 2.75) is 104 Å². The summed E-state index contributed by atoms with van der Waals surface area (Å²) in [4.78, 5) is 37.2. The van der Waals surface area contributed by atoms with Crippen LogP contribution in [0.5, 0.6) is 0 Å². The molecule has 0 N–H and O–H groups in total. The lowest BCUT2D eigenvalue weighted by molar-refractivity contribution is -0.174. The Morgan fingerprint density at radius 2 is 1.83 bits per heavy atom. The van der Waals surface area contributed by atoms with E-state index in [2.05, 4.69) is 27.4 Å². The monoisotopic (exact) mass is 422 g/mol. The maximum Gasteiger partial charge on any atom is 0.333 e. The molecule has 3 atom stereocenters. The van der Waals surface area contributed by atoms with Crippen molar-refractivity contribution < 1.29 is 28.6 Å². The number of ether oxygens (including phenoxy) is 3. The molecule has 2 aliphatic rings. The van der Waals surface area contributed by atoms with Crippen LogP contribution in [0.4, 0.5) is 0 Å². The van der Waals surface area contributed by atoms with Crippen molar-refractivity contribution in [3.8, 4) is 0 Å². The standard InChI is InChI=1S/C24H38O6/c1-15(2)12-18(28-21(26)16(3)4)19-13-17(22(27)29-19)14-20(25)30-24(23(5,6)7)10-8-9-11-24/h15,17-19H,3,8-14H2,1-2,4-7H3. The number of rotatable bonds is 8. The highest BCUT2D eigenvalue weighted by Crippen LogP contribution is 2.46. The van der Waals surface area contributed by atoms with Crippen molar-refractivity contribution in [3.05, 3.63) is 12.2 Å². The second-order valence-electron chi connectivity index (χ2n) is 10.4. The lowest BCUT2D eigenvalue weighted by atomic mass is 9.75. The fraction of sp³-hybridized carbons (Fsp3) is 0.792. The second-order valence-corrected chi connectivity index (χ2v) is 10.4. The van der Waals surface area contributed by atoms with Crippen LogP contribution in [0.15, 0.2) is 12.2 Å². The molecule has 0 bridgehead atoms. The Morgan fingerprint density at radius 3 is 2.33 bits per heavy atom. The highest BCUT2D eigenvalue weighted by molar-refractivity contribution is 5.87. The van der Waals surface area contributed by atoms with E-state index in [-0.39, 0.29) is 23.7 Å². The van der Waals surface area contributed by atoms with Gasteiger partial charge in [0.2, 0.25) is 0 Å². The topological polar surface area (TPSA) is 78.9 Å². The van der Waals surface area contributed by atoms with Crippen molar-refractivity contribution in [1.82, 2.24) is 0 Å². The van der Waals surface area contributed by atoms with Crippen LogP contribution in [0.3, 0.4) is 0 Å². The Morgan fingerprint density at radius 1 is 1.23 bits per heavy atom. The van der Waals surface area contributed by atoms with E-state index in [4.69, 9.17) is 14.2 Å². The summed E-state index contributed by atoms with van der Waals surface area (Å²) in [7, 11) is 0. The summed E-state index contributed by atoms with van der Waals surface area (Å²) < 4.78 is 17.1. The molecule has 2 rings (SSSR count). The first-order valence-electron chi connectivity index (χ1n) is 11.1. The van der Waals surface area contributed by atoms with Gasteiger partial charge in [-0.2, -0.15) is 0 Å². The molecule has 0 amide bonds. The van der Waals surface area contributed by atoms with Crippen molar-refractivity contribution in [1.29, 1.82) is 0 Å². The molecule has 0 radical (unpaired) electrons. The molecule has 1 heterocycles. The van der Waals surface area contributed by atoms with Gasteiger partial charge in [-0.3, -0.25) is 9.59 Å². The van der Waals surface area contributed by atoms with Crippen LogP contribution in [0, 0.1) is 17.3 Å². The zero-order chi connectivity index (χ0) is 22.7. The van der Waals surface area contributed by atoms with E-state index in [0.717, 1.165) is 25.7 Å². The molecular weight excluding hydrogens is 384 g/mol. The average Bonchev–Trinajstić information content (AvgIpc) is 3.21. The van der Waals surface area contributed by atoms with Gasteiger partial charge in [-0.1, -0.05) is 41.2 Å². The Bertz CT molecular complexity index is 666. The fourth-order valence-electron chi connectivity index (χ4n) is 4.46. The molecule has 0 aromatic heterocycles. The van der Waals surface area contributed by atoms with Gasteiger partial charge in [0.1, 0.15) is 17.8 Å². The predicted octanol–water partition coefficient (Wildman–Crippen LogP) is 4.74. The number of carbonyl (C=O) groups excluding carboxylic acids is 3. The number of cyclic esters (lactones) is 1. The van der Waals surface area contributed by atoms with Gasteiger partial charge in [0, 0.05) is 17.4 Å². The quantitative estimate of drug-likeness (QED) is 0.319. The van der Waals surface area contributed by atoms with Gasteiger partial charge < -0.3 is 14.2 Å². The highest BCUT2D eigenvalue weighted by atomic mass is 16.6. The number of hydrogen-bond acceptors (Lipinski definition) is 6. The molecule has 3 unspecified atom stereocenters. The maximum absolute atomic E-state index is 12.7. The summed E-state index contributed by atoms with van der Waals surface area (Å²) >= 11 is 0. The first kappa shape index (κ1) is 24.4. The van der Waals surface area contributed by atoms with Crippen LogP contribution in [0.25, 0.3) is 0 Å². The minimum atomic E-state index is -0.570. The average molecular weight is 423 g/mol. The lowest BCUT2D eigenvalue weighted by Crippen LogP contribution is -2.44. The van der Waals surface area contributed by atoms with Gasteiger partial charge in [-0.15, -0.1) is 0 Å². The molecule has 1 aliphatic heterocycles. The number of carbonyl (C=O) groups is 3. The third kappa shape index (κ3) is 5.86.